The molecule has 3 nitrogen and oxygen atoms in total. The van der Waals surface area contributed by atoms with Gasteiger partial charge in [-0.1, -0.05) is 48.5 Å². The van der Waals surface area contributed by atoms with E-state index < -0.39 is 0 Å². The van der Waals surface area contributed by atoms with E-state index in [1.807, 2.05) is 55.5 Å². The second-order valence-electron chi connectivity index (χ2n) is 5.16. The van der Waals surface area contributed by atoms with Crippen LogP contribution in [-0.4, -0.2) is 11.7 Å². The van der Waals surface area contributed by atoms with Gasteiger partial charge in [0.05, 0.1) is 12.6 Å². The summed E-state index contributed by atoms with van der Waals surface area (Å²) in [7, 11) is 0. The van der Waals surface area contributed by atoms with E-state index in [0.29, 0.717) is 6.54 Å². The molecule has 1 aromatic heterocycles. The molecule has 3 aromatic rings. The predicted molar refractivity (Wildman–Crippen MR) is 84.1 cm³/mol. The first-order chi connectivity index (χ1) is 10.3. The van der Waals surface area contributed by atoms with Gasteiger partial charge in [0.2, 0.25) is 0 Å². The molecule has 1 heterocycles. The summed E-state index contributed by atoms with van der Waals surface area (Å²) in [4.78, 5) is 0. The van der Waals surface area contributed by atoms with Crippen molar-refractivity contribution in [3.8, 4) is 0 Å². The predicted octanol–water partition coefficient (Wildman–Crippen LogP) is 3.56. The first-order valence-electron chi connectivity index (χ1n) is 7.16. The molecule has 3 heteroatoms. The fraction of sp³-hybridized carbons (Fsp3) is 0.222. The van der Waals surface area contributed by atoms with Crippen LogP contribution in [0.2, 0.25) is 0 Å². The summed E-state index contributed by atoms with van der Waals surface area (Å²) < 4.78 is 5.77. The minimum atomic E-state index is -0.0701. The summed E-state index contributed by atoms with van der Waals surface area (Å²) in [5.74, 6) is 0.924. The lowest BCUT2D eigenvalue weighted by molar-refractivity contribution is 0.243. The van der Waals surface area contributed by atoms with Crippen LogP contribution in [0.3, 0.4) is 0 Å². The van der Waals surface area contributed by atoms with Crippen molar-refractivity contribution in [3.63, 3.8) is 0 Å². The third kappa shape index (κ3) is 2.84. The third-order valence-electron chi connectivity index (χ3n) is 3.81. The summed E-state index contributed by atoms with van der Waals surface area (Å²) in [6.45, 7) is 2.72. The zero-order valence-electron chi connectivity index (χ0n) is 12.0. The molecule has 0 spiro atoms. The molecule has 0 unspecified atom stereocenters. The first kappa shape index (κ1) is 13.9. The molecule has 0 aliphatic carbocycles. The number of fused-ring (bicyclic) bond motifs is 1. The number of aliphatic hydroxyl groups is 1. The van der Waals surface area contributed by atoms with E-state index in [1.165, 1.54) is 0 Å². The van der Waals surface area contributed by atoms with Gasteiger partial charge in [0.15, 0.2) is 0 Å². The molecule has 0 bridgehead atoms. The Balaban J connectivity index is 1.81. The van der Waals surface area contributed by atoms with E-state index in [4.69, 9.17) is 4.42 Å². The Labute approximate surface area is 124 Å². The minimum Gasteiger partial charge on any atom is -0.461 e. The van der Waals surface area contributed by atoms with Gasteiger partial charge in [-0.05, 0) is 18.6 Å². The molecular weight excluding hydrogens is 262 g/mol. The third-order valence-corrected chi connectivity index (χ3v) is 3.81. The van der Waals surface area contributed by atoms with Crippen LogP contribution < -0.4 is 5.32 Å². The molecule has 0 fully saturated rings. The van der Waals surface area contributed by atoms with E-state index >= 15 is 0 Å². The minimum absolute atomic E-state index is 0.0683. The number of rotatable bonds is 5. The zero-order chi connectivity index (χ0) is 14.7. The van der Waals surface area contributed by atoms with Gasteiger partial charge in [0.1, 0.15) is 11.3 Å². The highest BCUT2D eigenvalue weighted by Crippen LogP contribution is 2.25. The van der Waals surface area contributed by atoms with Crippen molar-refractivity contribution in [2.75, 3.05) is 6.61 Å². The topological polar surface area (TPSA) is 45.4 Å². The van der Waals surface area contributed by atoms with E-state index in [2.05, 4.69) is 11.4 Å². The van der Waals surface area contributed by atoms with Gasteiger partial charge in [-0.2, -0.15) is 0 Å². The quantitative estimate of drug-likeness (QED) is 0.751. The van der Waals surface area contributed by atoms with Crippen LogP contribution in [0.5, 0.6) is 0 Å². The lowest BCUT2D eigenvalue weighted by Crippen LogP contribution is -2.24. The van der Waals surface area contributed by atoms with Gasteiger partial charge in [-0.3, -0.25) is 0 Å². The van der Waals surface area contributed by atoms with Crippen molar-refractivity contribution < 1.29 is 9.52 Å². The summed E-state index contributed by atoms with van der Waals surface area (Å²) in [6.07, 6.45) is 0. The molecule has 0 aliphatic heterocycles. The summed E-state index contributed by atoms with van der Waals surface area (Å²) in [5, 5.41) is 14.1. The molecule has 21 heavy (non-hydrogen) atoms. The Morgan fingerprint density at radius 2 is 1.76 bits per heavy atom. The number of furan rings is 1. The van der Waals surface area contributed by atoms with E-state index in [1.54, 1.807) is 0 Å². The van der Waals surface area contributed by atoms with E-state index in [9.17, 15) is 5.11 Å². The molecule has 0 radical (unpaired) electrons. The average molecular weight is 281 g/mol. The zero-order valence-corrected chi connectivity index (χ0v) is 12.0. The van der Waals surface area contributed by atoms with Crippen molar-refractivity contribution in [2.24, 2.45) is 0 Å². The van der Waals surface area contributed by atoms with Gasteiger partial charge in [0, 0.05) is 17.5 Å². The van der Waals surface area contributed by atoms with Crippen molar-refractivity contribution >= 4 is 11.0 Å². The largest absolute Gasteiger partial charge is 0.461 e. The lowest BCUT2D eigenvalue weighted by atomic mass is 10.1. The molecule has 0 saturated heterocycles. The molecular formula is C18H19NO2. The fourth-order valence-corrected chi connectivity index (χ4v) is 2.64. The fourth-order valence-electron chi connectivity index (χ4n) is 2.64. The molecule has 0 aliphatic rings. The van der Waals surface area contributed by atoms with Crippen LogP contribution in [0.25, 0.3) is 11.0 Å². The number of hydrogen-bond acceptors (Lipinski definition) is 3. The van der Waals surface area contributed by atoms with E-state index in [0.717, 1.165) is 27.9 Å². The van der Waals surface area contributed by atoms with Crippen LogP contribution in [0.15, 0.2) is 59.0 Å². The number of aryl methyl sites for hydroxylation is 1. The first-order valence-corrected chi connectivity index (χ1v) is 7.16. The van der Waals surface area contributed by atoms with Gasteiger partial charge in [-0.25, -0.2) is 0 Å². The molecule has 3 rings (SSSR count). The van der Waals surface area contributed by atoms with Crippen molar-refractivity contribution in [1.82, 2.24) is 5.32 Å². The Morgan fingerprint density at radius 3 is 2.52 bits per heavy atom. The van der Waals surface area contributed by atoms with Crippen molar-refractivity contribution in [3.05, 3.63) is 71.5 Å². The highest BCUT2D eigenvalue weighted by molar-refractivity contribution is 5.82. The standard InChI is InChI=1S/C18H19NO2/c1-13-16(15-9-5-6-10-18(15)21-13)11-19-17(12-20)14-7-3-2-4-8-14/h2-10,17,19-20H,11-12H2,1H3/t17-/m1/s1. The number of benzene rings is 2. The van der Waals surface area contributed by atoms with Gasteiger partial charge < -0.3 is 14.8 Å². The molecule has 0 saturated carbocycles. The number of nitrogens with one attached hydrogen (secondary N) is 1. The summed E-state index contributed by atoms with van der Waals surface area (Å²) in [6, 6.07) is 18.0. The maximum Gasteiger partial charge on any atom is 0.134 e. The number of para-hydroxylation sites is 1. The van der Waals surface area contributed by atoms with Crippen molar-refractivity contribution in [2.45, 2.75) is 19.5 Å². The number of hydrogen-bond donors (Lipinski definition) is 2. The van der Waals surface area contributed by atoms with Crippen LogP contribution >= 0.6 is 0 Å². The summed E-state index contributed by atoms with van der Waals surface area (Å²) in [5.41, 5.74) is 3.15. The Kier molecular flexibility index (Phi) is 4.04. The molecule has 2 aromatic carbocycles. The second kappa shape index (κ2) is 6.12. The van der Waals surface area contributed by atoms with Crippen LogP contribution in [0.1, 0.15) is 22.9 Å². The highest BCUT2D eigenvalue weighted by Gasteiger charge is 2.14. The Morgan fingerprint density at radius 1 is 1.05 bits per heavy atom. The summed E-state index contributed by atoms with van der Waals surface area (Å²) >= 11 is 0. The molecule has 2 N–H and O–H groups in total. The SMILES string of the molecule is Cc1oc2ccccc2c1CN[C@H](CO)c1ccccc1. The molecule has 0 amide bonds. The second-order valence-corrected chi connectivity index (χ2v) is 5.16. The highest BCUT2D eigenvalue weighted by atomic mass is 16.3. The van der Waals surface area contributed by atoms with Gasteiger partial charge in [0.25, 0.3) is 0 Å². The molecule has 1 atom stereocenters. The maximum atomic E-state index is 9.60. The Bertz CT molecular complexity index is 718. The smallest absolute Gasteiger partial charge is 0.134 e. The van der Waals surface area contributed by atoms with Gasteiger partial charge >= 0.3 is 0 Å². The maximum absolute atomic E-state index is 9.60. The normalized spacial score (nSPS) is 12.7. The number of aliphatic hydroxyl groups excluding tert-OH is 1. The van der Waals surface area contributed by atoms with Crippen LogP contribution in [0, 0.1) is 6.92 Å². The van der Waals surface area contributed by atoms with E-state index in [-0.39, 0.29) is 12.6 Å². The average Bonchev–Trinajstić information content (AvgIpc) is 2.85. The molecule has 108 valence electrons. The van der Waals surface area contributed by atoms with Gasteiger partial charge in [-0.15, -0.1) is 0 Å². The van der Waals surface area contributed by atoms with Crippen LogP contribution in [0.4, 0.5) is 0 Å². The Hall–Kier alpha value is -2.10. The van der Waals surface area contributed by atoms with Crippen molar-refractivity contribution in [1.29, 1.82) is 0 Å². The lowest BCUT2D eigenvalue weighted by Gasteiger charge is -2.16. The monoisotopic (exact) mass is 281 g/mol. The van der Waals surface area contributed by atoms with Crippen LogP contribution in [-0.2, 0) is 6.54 Å².